The van der Waals surface area contributed by atoms with Gasteiger partial charge in [-0.1, -0.05) is 23.2 Å². The Morgan fingerprint density at radius 3 is 2.77 bits per heavy atom. The highest BCUT2D eigenvalue weighted by molar-refractivity contribution is 6.35. The fraction of sp³-hybridized carbons (Fsp3) is 0.190. The highest BCUT2D eigenvalue weighted by Gasteiger charge is 2.16. The lowest BCUT2D eigenvalue weighted by atomic mass is 10.1. The molecule has 2 N–H and O–H groups in total. The van der Waals surface area contributed by atoms with Gasteiger partial charge in [-0.05, 0) is 37.3 Å². The maximum Gasteiger partial charge on any atom is 0.124 e. The number of aliphatic hydroxyl groups excluding tert-OH is 1. The molecule has 0 aliphatic heterocycles. The molecule has 30 heavy (non-hydrogen) atoms. The molecule has 7 nitrogen and oxygen atoms in total. The van der Waals surface area contributed by atoms with Crippen LogP contribution >= 0.6 is 23.2 Å². The number of nitrogens with zero attached hydrogens (tertiary/aromatic N) is 4. The van der Waals surface area contributed by atoms with Gasteiger partial charge < -0.3 is 9.84 Å². The second-order valence-corrected chi connectivity index (χ2v) is 7.50. The van der Waals surface area contributed by atoms with Crippen molar-refractivity contribution in [1.82, 2.24) is 25.0 Å². The van der Waals surface area contributed by atoms with Gasteiger partial charge in [-0.15, -0.1) is 0 Å². The van der Waals surface area contributed by atoms with Crippen LogP contribution < -0.4 is 4.74 Å². The van der Waals surface area contributed by atoms with Gasteiger partial charge in [0.25, 0.3) is 0 Å². The molecule has 3 heterocycles. The Morgan fingerprint density at radius 1 is 1.20 bits per heavy atom. The van der Waals surface area contributed by atoms with Crippen molar-refractivity contribution in [3.05, 3.63) is 69.9 Å². The van der Waals surface area contributed by atoms with Crippen LogP contribution in [0.25, 0.3) is 23.1 Å². The van der Waals surface area contributed by atoms with Crippen LogP contribution in [0.15, 0.2) is 43.0 Å². The van der Waals surface area contributed by atoms with E-state index in [1.807, 2.05) is 43.5 Å². The summed E-state index contributed by atoms with van der Waals surface area (Å²) in [7, 11) is 0. The molecule has 1 aromatic carbocycles. The number of hydrogen-bond donors (Lipinski definition) is 2. The fourth-order valence-corrected chi connectivity index (χ4v) is 3.82. The van der Waals surface area contributed by atoms with Crippen molar-refractivity contribution in [3.8, 4) is 5.75 Å². The lowest BCUT2D eigenvalue weighted by molar-refractivity contribution is 0.227. The molecule has 0 aliphatic carbocycles. The van der Waals surface area contributed by atoms with E-state index >= 15 is 0 Å². The SMILES string of the molecule is C[C@H](Oc1ccc2[nH]nc(/C=C/c3cnn(CCO)c3)c2c1)c1c(Cl)cncc1Cl. The standard InChI is InChI=1S/C21H19Cl2N5O2/c1-13(21-17(22)10-24-11-18(21)23)30-15-3-5-20-16(8-15)19(26-27-20)4-2-14-9-25-28(12-14)6-7-29/h2-5,8-13,29H,6-7H2,1H3,(H,26,27)/b4-2+/t13-/m0/s1. The maximum atomic E-state index is 9.00. The number of aromatic amines is 1. The number of ether oxygens (including phenoxy) is 1. The van der Waals surface area contributed by atoms with Crippen LogP contribution in [0, 0.1) is 0 Å². The first-order chi connectivity index (χ1) is 14.5. The average Bonchev–Trinajstić information content (AvgIpc) is 3.33. The molecular formula is C21H19Cl2N5O2. The van der Waals surface area contributed by atoms with Crippen molar-refractivity contribution in [2.24, 2.45) is 0 Å². The maximum absolute atomic E-state index is 9.00. The van der Waals surface area contributed by atoms with Crippen molar-refractivity contribution in [1.29, 1.82) is 0 Å². The van der Waals surface area contributed by atoms with E-state index in [9.17, 15) is 0 Å². The number of halogens is 2. The first-order valence-corrected chi connectivity index (χ1v) is 10.1. The summed E-state index contributed by atoms with van der Waals surface area (Å²) in [5.74, 6) is 0.672. The molecule has 0 radical (unpaired) electrons. The summed E-state index contributed by atoms with van der Waals surface area (Å²) < 4.78 is 7.77. The molecular weight excluding hydrogens is 425 g/mol. The highest BCUT2D eigenvalue weighted by atomic mass is 35.5. The first kappa shape index (κ1) is 20.4. The third-order valence-corrected chi connectivity index (χ3v) is 5.19. The molecule has 0 spiro atoms. The number of aliphatic hydroxyl groups is 1. The Kier molecular flexibility index (Phi) is 6.03. The van der Waals surface area contributed by atoms with E-state index < -0.39 is 0 Å². The Bertz CT molecular complexity index is 1180. The zero-order valence-electron chi connectivity index (χ0n) is 16.1. The second-order valence-electron chi connectivity index (χ2n) is 6.69. The van der Waals surface area contributed by atoms with E-state index in [0.29, 0.717) is 27.9 Å². The smallest absolute Gasteiger partial charge is 0.124 e. The first-order valence-electron chi connectivity index (χ1n) is 9.30. The van der Waals surface area contributed by atoms with Gasteiger partial charge in [-0.25, -0.2) is 0 Å². The summed E-state index contributed by atoms with van der Waals surface area (Å²) in [4.78, 5) is 3.98. The van der Waals surface area contributed by atoms with Gasteiger partial charge in [-0.3, -0.25) is 14.8 Å². The van der Waals surface area contributed by atoms with E-state index in [4.69, 9.17) is 33.0 Å². The number of pyridine rings is 1. The van der Waals surface area contributed by atoms with Gasteiger partial charge in [0, 0.05) is 35.1 Å². The predicted molar refractivity (Wildman–Crippen MR) is 118 cm³/mol. The predicted octanol–water partition coefficient (Wildman–Crippen LogP) is 4.76. The number of benzene rings is 1. The van der Waals surface area contributed by atoms with Gasteiger partial charge in [0.05, 0.1) is 40.6 Å². The van der Waals surface area contributed by atoms with Crippen molar-refractivity contribution >= 4 is 46.3 Å². The van der Waals surface area contributed by atoms with Crippen molar-refractivity contribution in [2.45, 2.75) is 19.6 Å². The van der Waals surface area contributed by atoms with Crippen LogP contribution in [-0.4, -0.2) is 36.7 Å². The van der Waals surface area contributed by atoms with E-state index in [-0.39, 0.29) is 12.7 Å². The Labute approximate surface area is 182 Å². The van der Waals surface area contributed by atoms with Gasteiger partial charge in [-0.2, -0.15) is 10.2 Å². The van der Waals surface area contributed by atoms with Crippen molar-refractivity contribution < 1.29 is 9.84 Å². The molecule has 4 aromatic rings. The molecule has 1 atom stereocenters. The topological polar surface area (TPSA) is 88.8 Å². The minimum atomic E-state index is -0.353. The summed E-state index contributed by atoms with van der Waals surface area (Å²) in [5.41, 5.74) is 3.28. The molecule has 0 saturated heterocycles. The molecule has 0 aliphatic rings. The number of rotatable bonds is 7. The third-order valence-electron chi connectivity index (χ3n) is 4.59. The third kappa shape index (κ3) is 4.33. The second kappa shape index (κ2) is 8.87. The molecule has 9 heteroatoms. The summed E-state index contributed by atoms with van der Waals surface area (Å²) in [6.45, 7) is 2.40. The molecule has 0 amide bonds. The highest BCUT2D eigenvalue weighted by Crippen LogP contribution is 2.33. The zero-order valence-corrected chi connectivity index (χ0v) is 17.6. The largest absolute Gasteiger partial charge is 0.486 e. The fourth-order valence-electron chi connectivity index (χ4n) is 3.15. The lowest BCUT2D eigenvalue weighted by Gasteiger charge is -2.17. The average molecular weight is 444 g/mol. The van der Waals surface area contributed by atoms with Crippen LogP contribution in [-0.2, 0) is 6.54 Å². The number of H-pyrrole nitrogens is 1. The van der Waals surface area contributed by atoms with Gasteiger partial charge in [0.1, 0.15) is 11.9 Å². The van der Waals surface area contributed by atoms with Crippen LogP contribution in [0.5, 0.6) is 5.75 Å². The minimum Gasteiger partial charge on any atom is -0.486 e. The molecule has 154 valence electrons. The van der Waals surface area contributed by atoms with E-state index in [0.717, 1.165) is 22.2 Å². The van der Waals surface area contributed by atoms with Crippen molar-refractivity contribution in [2.75, 3.05) is 6.61 Å². The number of hydrogen-bond acceptors (Lipinski definition) is 5. The molecule has 0 unspecified atom stereocenters. The minimum absolute atomic E-state index is 0.0476. The lowest BCUT2D eigenvalue weighted by Crippen LogP contribution is -2.05. The molecule has 4 rings (SSSR count). The van der Waals surface area contributed by atoms with Crippen LogP contribution in [0.1, 0.15) is 29.8 Å². The van der Waals surface area contributed by atoms with Crippen LogP contribution in [0.4, 0.5) is 0 Å². The molecule has 0 fully saturated rings. The number of fused-ring (bicyclic) bond motifs is 1. The van der Waals surface area contributed by atoms with E-state index in [1.165, 1.54) is 0 Å². The van der Waals surface area contributed by atoms with Gasteiger partial charge >= 0.3 is 0 Å². The number of aromatic nitrogens is 5. The Hall–Kier alpha value is -2.87. The van der Waals surface area contributed by atoms with Crippen molar-refractivity contribution in [3.63, 3.8) is 0 Å². The summed E-state index contributed by atoms with van der Waals surface area (Å²) in [6, 6.07) is 5.70. The molecule has 0 saturated carbocycles. The molecule has 3 aromatic heterocycles. The van der Waals surface area contributed by atoms with Gasteiger partial charge in [0.2, 0.25) is 0 Å². The number of nitrogens with one attached hydrogen (secondary N) is 1. The summed E-state index contributed by atoms with van der Waals surface area (Å²) in [5, 5.41) is 22.4. The van der Waals surface area contributed by atoms with Crippen LogP contribution in [0.3, 0.4) is 0 Å². The Balaban J connectivity index is 1.57. The van der Waals surface area contributed by atoms with Gasteiger partial charge in [0.15, 0.2) is 0 Å². The summed E-state index contributed by atoms with van der Waals surface area (Å²) >= 11 is 12.5. The zero-order chi connectivity index (χ0) is 21.1. The Morgan fingerprint density at radius 2 is 2.00 bits per heavy atom. The van der Waals surface area contributed by atoms with Crippen LogP contribution in [0.2, 0.25) is 10.0 Å². The quantitative estimate of drug-likeness (QED) is 0.429. The van der Waals surface area contributed by atoms with E-state index in [1.54, 1.807) is 23.3 Å². The summed E-state index contributed by atoms with van der Waals surface area (Å²) in [6.07, 6.45) is 10.2. The normalized spacial score (nSPS) is 12.7. The monoisotopic (exact) mass is 443 g/mol. The van der Waals surface area contributed by atoms with E-state index in [2.05, 4.69) is 20.3 Å². The molecule has 0 bridgehead atoms.